The molecule has 0 saturated carbocycles. The number of benzene rings is 3. The number of ether oxygens (including phenoxy) is 2. The first-order valence-corrected chi connectivity index (χ1v) is 9.12. The third kappa shape index (κ3) is 5.36. The molecule has 0 unspecified atom stereocenters. The van der Waals surface area contributed by atoms with Crippen molar-refractivity contribution in [3.05, 3.63) is 88.4 Å². The minimum Gasteiger partial charge on any atom is -0.508 e. The van der Waals surface area contributed by atoms with Crippen molar-refractivity contribution >= 4 is 29.7 Å². The number of nitrogens with zero attached hydrogens (tertiary/aromatic N) is 1. The van der Waals surface area contributed by atoms with Gasteiger partial charge in [0.2, 0.25) is 0 Å². The average Bonchev–Trinajstić information content (AvgIpc) is 2.75. The molecule has 0 spiro atoms. The summed E-state index contributed by atoms with van der Waals surface area (Å²) in [5.41, 5.74) is 3.71. The average molecular weight is 425 g/mol. The fraction of sp³-hybridized carbons (Fsp3) is 0.0455. The lowest BCUT2D eigenvalue weighted by molar-refractivity contribution is 0.0729. The second-order valence-electron chi connectivity index (χ2n) is 6.05. The van der Waals surface area contributed by atoms with E-state index in [4.69, 9.17) is 21.1 Å². The standard InChI is InChI=1S/C22H17ClN2O5/c1-29-20-12-14(13-24-25-21(27)15-5-9-18(26)10-6-15)2-11-19(20)30-22(28)16-3-7-17(23)8-4-16/h2-13,26H,1H3,(H,25,27). The van der Waals surface area contributed by atoms with Crippen LogP contribution < -0.4 is 14.9 Å². The molecule has 0 aliphatic rings. The van der Waals surface area contributed by atoms with Gasteiger partial charge in [0.15, 0.2) is 11.5 Å². The molecular formula is C22H17ClN2O5. The number of carbonyl (C=O) groups is 2. The molecule has 0 aliphatic carbocycles. The summed E-state index contributed by atoms with van der Waals surface area (Å²) >= 11 is 5.82. The van der Waals surface area contributed by atoms with Gasteiger partial charge in [0.1, 0.15) is 5.75 Å². The van der Waals surface area contributed by atoms with Gasteiger partial charge < -0.3 is 14.6 Å². The number of esters is 1. The smallest absolute Gasteiger partial charge is 0.343 e. The van der Waals surface area contributed by atoms with Crippen LogP contribution in [0, 0.1) is 0 Å². The van der Waals surface area contributed by atoms with E-state index in [1.807, 2.05) is 0 Å². The highest BCUT2D eigenvalue weighted by Gasteiger charge is 2.13. The summed E-state index contributed by atoms with van der Waals surface area (Å²) < 4.78 is 10.7. The summed E-state index contributed by atoms with van der Waals surface area (Å²) in [6.45, 7) is 0. The molecular weight excluding hydrogens is 408 g/mol. The predicted octanol–water partition coefficient (Wildman–Crippen LogP) is 4.04. The van der Waals surface area contributed by atoms with Gasteiger partial charge in [-0.25, -0.2) is 10.2 Å². The van der Waals surface area contributed by atoms with E-state index in [1.165, 1.54) is 37.6 Å². The summed E-state index contributed by atoms with van der Waals surface area (Å²) in [6, 6.07) is 16.9. The first-order chi connectivity index (χ1) is 14.5. The molecule has 0 atom stereocenters. The lowest BCUT2D eigenvalue weighted by atomic mass is 10.2. The van der Waals surface area contributed by atoms with E-state index in [9.17, 15) is 14.7 Å². The Morgan fingerprint density at radius 2 is 1.63 bits per heavy atom. The van der Waals surface area contributed by atoms with E-state index in [1.54, 1.807) is 42.5 Å². The zero-order chi connectivity index (χ0) is 21.5. The number of hydrazone groups is 1. The maximum Gasteiger partial charge on any atom is 0.343 e. The van der Waals surface area contributed by atoms with Crippen LogP contribution >= 0.6 is 11.6 Å². The maximum atomic E-state index is 12.3. The number of hydrogen-bond donors (Lipinski definition) is 2. The highest BCUT2D eigenvalue weighted by molar-refractivity contribution is 6.30. The Bertz CT molecular complexity index is 1080. The van der Waals surface area contributed by atoms with Gasteiger partial charge in [-0.05, 0) is 72.3 Å². The highest BCUT2D eigenvalue weighted by atomic mass is 35.5. The number of phenolic OH excluding ortho intramolecular Hbond substituents is 1. The second kappa shape index (κ2) is 9.58. The topological polar surface area (TPSA) is 97.2 Å². The van der Waals surface area contributed by atoms with E-state index < -0.39 is 11.9 Å². The number of rotatable bonds is 6. The van der Waals surface area contributed by atoms with Gasteiger partial charge in [-0.2, -0.15) is 5.10 Å². The maximum absolute atomic E-state index is 12.3. The van der Waals surface area contributed by atoms with Gasteiger partial charge in [0.25, 0.3) is 5.91 Å². The highest BCUT2D eigenvalue weighted by Crippen LogP contribution is 2.28. The van der Waals surface area contributed by atoms with Gasteiger partial charge in [0.05, 0.1) is 18.9 Å². The molecule has 30 heavy (non-hydrogen) atoms. The van der Waals surface area contributed by atoms with Crippen molar-refractivity contribution in [2.45, 2.75) is 0 Å². The number of aromatic hydroxyl groups is 1. The Hall–Kier alpha value is -3.84. The molecule has 3 aromatic carbocycles. The summed E-state index contributed by atoms with van der Waals surface area (Å²) in [5.74, 6) is -0.341. The van der Waals surface area contributed by atoms with Gasteiger partial charge in [-0.1, -0.05) is 11.6 Å². The second-order valence-corrected chi connectivity index (χ2v) is 6.49. The zero-order valence-corrected chi connectivity index (χ0v) is 16.6. The molecule has 152 valence electrons. The molecule has 0 radical (unpaired) electrons. The van der Waals surface area contributed by atoms with Gasteiger partial charge in [-0.3, -0.25) is 4.79 Å². The number of hydrogen-bond acceptors (Lipinski definition) is 6. The predicted molar refractivity (Wildman–Crippen MR) is 113 cm³/mol. The molecule has 0 fully saturated rings. The molecule has 7 nitrogen and oxygen atoms in total. The van der Waals surface area contributed by atoms with E-state index in [-0.39, 0.29) is 11.5 Å². The lowest BCUT2D eigenvalue weighted by Gasteiger charge is -2.10. The Labute approximate surface area is 177 Å². The Morgan fingerprint density at radius 3 is 2.30 bits per heavy atom. The largest absolute Gasteiger partial charge is 0.508 e. The molecule has 0 aromatic heterocycles. The molecule has 0 saturated heterocycles. The Kier molecular flexibility index (Phi) is 6.67. The Balaban J connectivity index is 1.66. The van der Waals surface area contributed by atoms with Crippen molar-refractivity contribution < 1.29 is 24.2 Å². The van der Waals surface area contributed by atoms with Crippen LogP contribution in [0.15, 0.2) is 71.8 Å². The van der Waals surface area contributed by atoms with Crippen LogP contribution in [0.2, 0.25) is 5.02 Å². The third-order valence-electron chi connectivity index (χ3n) is 3.98. The van der Waals surface area contributed by atoms with Crippen LogP contribution in [0.5, 0.6) is 17.2 Å². The molecule has 3 rings (SSSR count). The number of amides is 1. The zero-order valence-electron chi connectivity index (χ0n) is 15.8. The van der Waals surface area contributed by atoms with E-state index in [2.05, 4.69) is 10.5 Å². The van der Waals surface area contributed by atoms with Crippen molar-refractivity contribution in [2.75, 3.05) is 7.11 Å². The number of nitrogens with one attached hydrogen (secondary N) is 1. The van der Waals surface area contributed by atoms with Crippen molar-refractivity contribution in [1.29, 1.82) is 0 Å². The van der Waals surface area contributed by atoms with E-state index >= 15 is 0 Å². The van der Waals surface area contributed by atoms with Gasteiger partial charge in [0, 0.05) is 10.6 Å². The SMILES string of the molecule is COc1cc(C=NNC(=O)c2ccc(O)cc2)ccc1OC(=O)c1ccc(Cl)cc1. The van der Waals surface area contributed by atoms with Gasteiger partial charge >= 0.3 is 5.97 Å². The van der Waals surface area contributed by atoms with E-state index in [0.29, 0.717) is 27.5 Å². The first-order valence-electron chi connectivity index (χ1n) is 8.74. The summed E-state index contributed by atoms with van der Waals surface area (Å²) in [7, 11) is 1.45. The summed E-state index contributed by atoms with van der Waals surface area (Å²) in [4.78, 5) is 24.3. The molecule has 0 heterocycles. The Morgan fingerprint density at radius 1 is 0.967 bits per heavy atom. The first kappa shape index (κ1) is 20.9. The number of carbonyl (C=O) groups excluding carboxylic acids is 2. The van der Waals surface area contributed by atoms with Crippen LogP contribution in [-0.4, -0.2) is 30.3 Å². The van der Waals surface area contributed by atoms with Gasteiger partial charge in [-0.15, -0.1) is 0 Å². The van der Waals surface area contributed by atoms with Crippen molar-refractivity contribution in [1.82, 2.24) is 5.43 Å². The van der Waals surface area contributed by atoms with Crippen LogP contribution in [0.25, 0.3) is 0 Å². The lowest BCUT2D eigenvalue weighted by Crippen LogP contribution is -2.17. The minimum atomic E-state index is -0.549. The van der Waals surface area contributed by atoms with Crippen molar-refractivity contribution in [3.8, 4) is 17.2 Å². The molecule has 0 bridgehead atoms. The van der Waals surface area contributed by atoms with Crippen LogP contribution in [0.1, 0.15) is 26.3 Å². The van der Waals surface area contributed by atoms with Crippen molar-refractivity contribution in [2.24, 2.45) is 5.10 Å². The molecule has 8 heteroatoms. The van der Waals surface area contributed by atoms with Crippen LogP contribution in [0.3, 0.4) is 0 Å². The fourth-order valence-corrected chi connectivity index (χ4v) is 2.56. The van der Waals surface area contributed by atoms with Crippen LogP contribution in [-0.2, 0) is 0 Å². The summed E-state index contributed by atoms with van der Waals surface area (Å²) in [5, 5.41) is 13.7. The third-order valence-corrected chi connectivity index (χ3v) is 4.23. The molecule has 0 aliphatic heterocycles. The number of phenols is 1. The minimum absolute atomic E-state index is 0.0685. The van der Waals surface area contributed by atoms with Crippen molar-refractivity contribution in [3.63, 3.8) is 0 Å². The molecule has 1 amide bonds. The quantitative estimate of drug-likeness (QED) is 0.269. The number of halogens is 1. The monoisotopic (exact) mass is 424 g/mol. The fourth-order valence-electron chi connectivity index (χ4n) is 2.44. The number of methoxy groups -OCH3 is 1. The molecule has 3 aromatic rings. The normalized spacial score (nSPS) is 10.6. The molecule has 2 N–H and O–H groups in total. The summed E-state index contributed by atoms with van der Waals surface area (Å²) in [6.07, 6.45) is 1.42. The van der Waals surface area contributed by atoms with E-state index in [0.717, 1.165) is 0 Å². The van der Waals surface area contributed by atoms with Crippen LogP contribution in [0.4, 0.5) is 0 Å².